The standard InChI is InChI=1S/C22H26FN3O2/c23-18-5-7-19(8-6-18)26-13-11-25(12-14-26)10-2-1-3-17-4-9-20-21(15-17)28-16-22(27)24-20/h4-9,15H,1-3,10-14,16H2,(H,24,27). The topological polar surface area (TPSA) is 44.8 Å². The Hall–Kier alpha value is -2.60. The maximum absolute atomic E-state index is 13.1. The molecule has 2 aromatic carbocycles. The Kier molecular flexibility index (Phi) is 5.76. The van der Waals surface area contributed by atoms with E-state index in [2.05, 4.69) is 21.2 Å². The summed E-state index contributed by atoms with van der Waals surface area (Å²) in [5, 5.41) is 2.82. The molecule has 0 aromatic heterocycles. The lowest BCUT2D eigenvalue weighted by molar-refractivity contribution is -0.118. The van der Waals surface area contributed by atoms with Gasteiger partial charge in [0.2, 0.25) is 0 Å². The Morgan fingerprint density at radius 1 is 1.00 bits per heavy atom. The summed E-state index contributed by atoms with van der Waals surface area (Å²) in [4.78, 5) is 16.2. The van der Waals surface area contributed by atoms with Crippen LogP contribution in [0.4, 0.5) is 15.8 Å². The van der Waals surface area contributed by atoms with Crippen LogP contribution in [-0.2, 0) is 11.2 Å². The molecule has 6 heteroatoms. The van der Waals surface area contributed by atoms with Gasteiger partial charge in [0.1, 0.15) is 11.6 Å². The molecule has 0 radical (unpaired) electrons. The van der Waals surface area contributed by atoms with Crippen molar-refractivity contribution < 1.29 is 13.9 Å². The second-order valence-corrected chi connectivity index (χ2v) is 7.43. The van der Waals surface area contributed by atoms with E-state index in [1.807, 2.05) is 24.3 Å². The Labute approximate surface area is 165 Å². The number of nitrogens with one attached hydrogen (secondary N) is 1. The molecule has 2 aliphatic rings. The summed E-state index contributed by atoms with van der Waals surface area (Å²) >= 11 is 0. The molecule has 148 valence electrons. The first-order valence-corrected chi connectivity index (χ1v) is 9.96. The van der Waals surface area contributed by atoms with E-state index in [1.54, 1.807) is 0 Å². The van der Waals surface area contributed by atoms with Crippen LogP contribution in [0.5, 0.6) is 5.75 Å². The fourth-order valence-electron chi connectivity index (χ4n) is 3.82. The maximum atomic E-state index is 13.1. The Bertz CT molecular complexity index is 817. The Balaban J connectivity index is 1.17. The van der Waals surface area contributed by atoms with E-state index in [0.717, 1.165) is 69.1 Å². The molecule has 5 nitrogen and oxygen atoms in total. The van der Waals surface area contributed by atoms with Crippen molar-refractivity contribution in [3.05, 3.63) is 53.8 Å². The van der Waals surface area contributed by atoms with Gasteiger partial charge in [-0.05, 0) is 67.8 Å². The van der Waals surface area contributed by atoms with Crippen LogP contribution in [0.15, 0.2) is 42.5 Å². The third-order valence-corrected chi connectivity index (χ3v) is 5.43. The quantitative estimate of drug-likeness (QED) is 0.778. The molecule has 0 saturated carbocycles. The number of carbonyl (C=O) groups excluding carboxylic acids is 1. The van der Waals surface area contributed by atoms with Crippen LogP contribution < -0.4 is 15.0 Å². The average Bonchev–Trinajstić information content (AvgIpc) is 2.72. The third kappa shape index (κ3) is 4.62. The summed E-state index contributed by atoms with van der Waals surface area (Å²) in [7, 11) is 0. The van der Waals surface area contributed by atoms with Gasteiger partial charge in [-0.1, -0.05) is 6.07 Å². The van der Waals surface area contributed by atoms with Crippen LogP contribution in [-0.4, -0.2) is 50.1 Å². The molecule has 2 aromatic rings. The van der Waals surface area contributed by atoms with Gasteiger partial charge < -0.3 is 15.0 Å². The molecule has 2 aliphatic heterocycles. The number of anilines is 2. The number of carbonyl (C=O) groups is 1. The van der Waals surface area contributed by atoms with Gasteiger partial charge in [0.25, 0.3) is 5.91 Å². The van der Waals surface area contributed by atoms with Crippen molar-refractivity contribution >= 4 is 17.3 Å². The molecule has 1 saturated heterocycles. The fraction of sp³-hybridized carbons (Fsp3) is 0.409. The van der Waals surface area contributed by atoms with E-state index in [0.29, 0.717) is 0 Å². The summed E-state index contributed by atoms with van der Waals surface area (Å²) in [5.74, 6) is 0.492. The number of benzene rings is 2. The fourth-order valence-corrected chi connectivity index (χ4v) is 3.82. The zero-order valence-corrected chi connectivity index (χ0v) is 16.0. The molecular weight excluding hydrogens is 357 g/mol. The summed E-state index contributed by atoms with van der Waals surface area (Å²) in [5.41, 5.74) is 3.11. The van der Waals surface area contributed by atoms with Gasteiger partial charge in [0.05, 0.1) is 5.69 Å². The molecule has 0 aliphatic carbocycles. The van der Waals surface area contributed by atoms with Gasteiger partial charge in [-0.2, -0.15) is 0 Å². The number of halogens is 1. The monoisotopic (exact) mass is 383 g/mol. The highest BCUT2D eigenvalue weighted by molar-refractivity contribution is 5.95. The van der Waals surface area contributed by atoms with E-state index < -0.39 is 0 Å². The minimum absolute atomic E-state index is 0.0974. The molecular formula is C22H26FN3O2. The molecule has 0 atom stereocenters. The van der Waals surface area contributed by atoms with Gasteiger partial charge in [0, 0.05) is 31.9 Å². The summed E-state index contributed by atoms with van der Waals surface area (Å²) in [6, 6.07) is 12.8. The van der Waals surface area contributed by atoms with Crippen LogP contribution in [0.3, 0.4) is 0 Å². The van der Waals surface area contributed by atoms with Gasteiger partial charge >= 0.3 is 0 Å². The van der Waals surface area contributed by atoms with Gasteiger partial charge in [-0.25, -0.2) is 4.39 Å². The average molecular weight is 383 g/mol. The zero-order chi connectivity index (χ0) is 19.3. The van der Waals surface area contributed by atoms with Gasteiger partial charge in [0.15, 0.2) is 6.61 Å². The van der Waals surface area contributed by atoms with E-state index >= 15 is 0 Å². The van der Waals surface area contributed by atoms with E-state index in [-0.39, 0.29) is 18.3 Å². The predicted molar refractivity (Wildman–Crippen MR) is 109 cm³/mol. The Morgan fingerprint density at radius 2 is 1.79 bits per heavy atom. The van der Waals surface area contributed by atoms with Crippen molar-refractivity contribution in [1.82, 2.24) is 4.90 Å². The molecule has 2 heterocycles. The number of piperazine rings is 1. The van der Waals surface area contributed by atoms with Crippen LogP contribution in [0.25, 0.3) is 0 Å². The zero-order valence-electron chi connectivity index (χ0n) is 16.0. The van der Waals surface area contributed by atoms with Crippen molar-refractivity contribution in [2.24, 2.45) is 0 Å². The van der Waals surface area contributed by atoms with E-state index in [1.165, 1.54) is 17.7 Å². The van der Waals surface area contributed by atoms with E-state index in [9.17, 15) is 9.18 Å². The van der Waals surface area contributed by atoms with Gasteiger partial charge in [-0.15, -0.1) is 0 Å². The van der Waals surface area contributed by atoms with Crippen LogP contribution in [0.2, 0.25) is 0 Å². The lowest BCUT2D eigenvalue weighted by atomic mass is 10.1. The minimum Gasteiger partial charge on any atom is -0.482 e. The third-order valence-electron chi connectivity index (χ3n) is 5.43. The summed E-state index contributed by atoms with van der Waals surface area (Å²) in [6.07, 6.45) is 3.30. The smallest absolute Gasteiger partial charge is 0.262 e. The van der Waals surface area contributed by atoms with Gasteiger partial charge in [-0.3, -0.25) is 9.69 Å². The number of nitrogens with zero attached hydrogens (tertiary/aromatic N) is 2. The van der Waals surface area contributed by atoms with Crippen LogP contribution >= 0.6 is 0 Å². The highest BCUT2D eigenvalue weighted by Gasteiger charge is 2.17. The molecule has 1 N–H and O–H groups in total. The van der Waals surface area contributed by atoms with Crippen molar-refractivity contribution in [1.29, 1.82) is 0 Å². The Morgan fingerprint density at radius 3 is 2.57 bits per heavy atom. The first kappa shape index (κ1) is 18.7. The lowest BCUT2D eigenvalue weighted by Gasteiger charge is -2.36. The molecule has 1 amide bonds. The molecule has 0 bridgehead atoms. The maximum Gasteiger partial charge on any atom is 0.262 e. The predicted octanol–water partition coefficient (Wildman–Crippen LogP) is 3.30. The number of amides is 1. The minimum atomic E-state index is -0.183. The number of rotatable bonds is 6. The summed E-state index contributed by atoms with van der Waals surface area (Å²) in [6.45, 7) is 5.27. The second kappa shape index (κ2) is 8.61. The molecule has 4 rings (SSSR count). The number of hydrogen-bond acceptors (Lipinski definition) is 4. The highest BCUT2D eigenvalue weighted by atomic mass is 19.1. The largest absolute Gasteiger partial charge is 0.482 e. The summed E-state index contributed by atoms with van der Waals surface area (Å²) < 4.78 is 18.5. The van der Waals surface area contributed by atoms with Crippen molar-refractivity contribution in [2.75, 3.05) is 49.5 Å². The second-order valence-electron chi connectivity index (χ2n) is 7.43. The number of fused-ring (bicyclic) bond motifs is 1. The number of ether oxygens (including phenoxy) is 1. The number of unbranched alkanes of at least 4 members (excludes halogenated alkanes) is 1. The molecule has 0 spiro atoms. The number of hydrogen-bond donors (Lipinski definition) is 1. The highest BCUT2D eigenvalue weighted by Crippen LogP contribution is 2.29. The first-order chi connectivity index (χ1) is 13.7. The molecule has 28 heavy (non-hydrogen) atoms. The SMILES string of the molecule is O=C1COc2cc(CCCCN3CCN(c4ccc(F)cc4)CC3)ccc2N1. The number of aryl methyl sites for hydroxylation is 1. The first-order valence-electron chi connectivity index (χ1n) is 9.96. The lowest BCUT2D eigenvalue weighted by Crippen LogP contribution is -2.46. The van der Waals surface area contributed by atoms with Crippen molar-refractivity contribution in [3.63, 3.8) is 0 Å². The van der Waals surface area contributed by atoms with Crippen molar-refractivity contribution in [2.45, 2.75) is 19.3 Å². The normalized spacial score (nSPS) is 17.0. The van der Waals surface area contributed by atoms with E-state index in [4.69, 9.17) is 4.74 Å². The molecule has 1 fully saturated rings. The van der Waals surface area contributed by atoms with Crippen molar-refractivity contribution in [3.8, 4) is 5.75 Å². The molecule has 0 unspecified atom stereocenters. The van der Waals surface area contributed by atoms with Crippen LogP contribution in [0, 0.1) is 5.82 Å². The van der Waals surface area contributed by atoms with Crippen LogP contribution in [0.1, 0.15) is 18.4 Å².